The second-order valence-corrected chi connectivity index (χ2v) is 6.01. The van der Waals surface area contributed by atoms with Gasteiger partial charge in [-0.15, -0.1) is 36.2 Å². The number of halogens is 2. The van der Waals surface area contributed by atoms with Gasteiger partial charge < -0.3 is 15.5 Å². The van der Waals surface area contributed by atoms with E-state index in [-0.39, 0.29) is 37.1 Å². The predicted octanol–water partition coefficient (Wildman–Crippen LogP) is 2.64. The first-order chi connectivity index (χ1) is 8.94. The van der Waals surface area contributed by atoms with Crippen LogP contribution in [-0.2, 0) is 11.2 Å². The maximum Gasteiger partial charge on any atom is 0.236 e. The van der Waals surface area contributed by atoms with Crippen LogP contribution in [0.15, 0.2) is 28.2 Å². The van der Waals surface area contributed by atoms with Crippen molar-refractivity contribution in [3.05, 3.63) is 29.5 Å². The van der Waals surface area contributed by atoms with E-state index in [1.165, 1.54) is 6.26 Å². The molecule has 1 amide bonds. The molecule has 2 aromatic heterocycles. The highest BCUT2D eigenvalue weighted by Crippen LogP contribution is 2.23. The quantitative estimate of drug-likeness (QED) is 0.867. The Balaban J connectivity index is 0.00000200. The summed E-state index contributed by atoms with van der Waals surface area (Å²) in [6, 6.07) is 3.86. The molecule has 0 fully saturated rings. The maximum atomic E-state index is 11.7. The van der Waals surface area contributed by atoms with Crippen LogP contribution in [0.1, 0.15) is 19.5 Å². The highest BCUT2D eigenvalue weighted by atomic mass is 35.5. The van der Waals surface area contributed by atoms with Gasteiger partial charge in [0.15, 0.2) is 0 Å². The number of carbonyl (C=O) groups excluding carboxylic acids is 1. The van der Waals surface area contributed by atoms with Crippen molar-refractivity contribution < 1.29 is 9.21 Å². The smallest absolute Gasteiger partial charge is 0.236 e. The molecule has 0 aliphatic carbocycles. The Morgan fingerprint density at radius 1 is 1.48 bits per heavy atom. The Kier molecular flexibility index (Phi) is 7.95. The standard InChI is InChI=1S/C13H17N3O2S.2ClH/c1-13(2,14)8-15-11(17)6-9-7-18-12(16-9)10-4-3-5-19-10;;/h3-5,7H,6,8,14H2,1-2H3,(H,15,17);2*1H. The SMILES string of the molecule is CC(C)(N)CNC(=O)Cc1coc(-c2cccs2)n1.Cl.Cl. The second-order valence-electron chi connectivity index (χ2n) is 5.06. The van der Waals surface area contributed by atoms with E-state index in [1.807, 2.05) is 31.4 Å². The summed E-state index contributed by atoms with van der Waals surface area (Å²) in [4.78, 5) is 17.0. The maximum absolute atomic E-state index is 11.7. The number of hydrogen-bond donors (Lipinski definition) is 2. The number of thiophene rings is 1. The van der Waals surface area contributed by atoms with Crippen LogP contribution in [0.4, 0.5) is 0 Å². The van der Waals surface area contributed by atoms with Crippen LogP contribution < -0.4 is 11.1 Å². The summed E-state index contributed by atoms with van der Waals surface area (Å²) >= 11 is 1.55. The van der Waals surface area contributed by atoms with Crippen LogP contribution in [-0.4, -0.2) is 23.0 Å². The Morgan fingerprint density at radius 2 is 2.19 bits per heavy atom. The molecule has 0 aliphatic heterocycles. The Labute approximate surface area is 140 Å². The zero-order valence-electron chi connectivity index (χ0n) is 11.8. The second kappa shape index (κ2) is 8.38. The number of oxazole rings is 1. The van der Waals surface area contributed by atoms with Gasteiger partial charge in [0.2, 0.25) is 11.8 Å². The van der Waals surface area contributed by atoms with Crippen molar-refractivity contribution in [2.24, 2.45) is 5.73 Å². The van der Waals surface area contributed by atoms with Crippen molar-refractivity contribution in [3.63, 3.8) is 0 Å². The summed E-state index contributed by atoms with van der Waals surface area (Å²) in [6.07, 6.45) is 1.72. The van der Waals surface area contributed by atoms with Crippen molar-refractivity contribution in [1.29, 1.82) is 0 Å². The molecule has 0 spiro atoms. The molecule has 0 aliphatic rings. The lowest BCUT2D eigenvalue weighted by molar-refractivity contribution is -0.120. The molecule has 0 atom stereocenters. The molecule has 21 heavy (non-hydrogen) atoms. The van der Waals surface area contributed by atoms with Crippen molar-refractivity contribution in [2.45, 2.75) is 25.8 Å². The lowest BCUT2D eigenvalue weighted by Gasteiger charge is -2.18. The average molecular weight is 352 g/mol. The zero-order chi connectivity index (χ0) is 13.9. The van der Waals surface area contributed by atoms with Crippen molar-refractivity contribution in [3.8, 4) is 10.8 Å². The molecular weight excluding hydrogens is 333 g/mol. The van der Waals surface area contributed by atoms with Gasteiger partial charge in [-0.2, -0.15) is 0 Å². The highest BCUT2D eigenvalue weighted by molar-refractivity contribution is 7.13. The molecule has 0 aromatic carbocycles. The molecule has 2 rings (SSSR count). The van der Waals surface area contributed by atoms with Gasteiger partial charge in [0.05, 0.1) is 17.0 Å². The first-order valence-corrected chi connectivity index (χ1v) is 6.86. The van der Waals surface area contributed by atoms with E-state index in [2.05, 4.69) is 10.3 Å². The van der Waals surface area contributed by atoms with Crippen molar-refractivity contribution in [2.75, 3.05) is 6.54 Å². The number of carbonyl (C=O) groups is 1. The normalized spacial score (nSPS) is 10.4. The first-order valence-electron chi connectivity index (χ1n) is 5.98. The van der Waals surface area contributed by atoms with Crippen LogP contribution in [0.3, 0.4) is 0 Å². The number of nitrogens with one attached hydrogen (secondary N) is 1. The van der Waals surface area contributed by atoms with Crippen molar-refractivity contribution in [1.82, 2.24) is 10.3 Å². The molecular formula is C13H19Cl2N3O2S. The number of aromatic nitrogens is 1. The number of nitrogens with two attached hydrogens (primary N) is 1. The van der Waals surface area contributed by atoms with Gasteiger partial charge in [-0.05, 0) is 25.3 Å². The summed E-state index contributed by atoms with van der Waals surface area (Å²) < 4.78 is 5.35. The van der Waals surface area contributed by atoms with Crippen LogP contribution >= 0.6 is 36.2 Å². The molecule has 0 bridgehead atoms. The fourth-order valence-electron chi connectivity index (χ4n) is 1.45. The minimum atomic E-state index is -0.415. The fraction of sp³-hybridized carbons (Fsp3) is 0.385. The lowest BCUT2D eigenvalue weighted by Crippen LogP contribution is -2.45. The third kappa shape index (κ3) is 6.48. The zero-order valence-corrected chi connectivity index (χ0v) is 14.2. The van der Waals surface area contributed by atoms with Gasteiger partial charge in [-0.3, -0.25) is 4.79 Å². The molecule has 8 heteroatoms. The molecule has 3 N–H and O–H groups in total. The summed E-state index contributed by atoms with van der Waals surface area (Å²) in [6.45, 7) is 4.15. The van der Waals surface area contributed by atoms with Gasteiger partial charge in [0.25, 0.3) is 0 Å². The van der Waals surface area contributed by atoms with E-state index >= 15 is 0 Å². The topological polar surface area (TPSA) is 81.1 Å². The summed E-state index contributed by atoms with van der Waals surface area (Å²) in [7, 11) is 0. The molecule has 5 nitrogen and oxygen atoms in total. The van der Waals surface area contributed by atoms with E-state index in [4.69, 9.17) is 10.2 Å². The average Bonchev–Trinajstić information content (AvgIpc) is 2.94. The van der Waals surface area contributed by atoms with Crippen LogP contribution in [0.5, 0.6) is 0 Å². The Hall–Kier alpha value is -1.08. The molecule has 2 aromatic rings. The van der Waals surface area contributed by atoms with Gasteiger partial charge >= 0.3 is 0 Å². The molecule has 0 unspecified atom stereocenters. The van der Waals surface area contributed by atoms with Gasteiger partial charge in [0.1, 0.15) is 6.26 Å². The molecule has 0 saturated carbocycles. The molecule has 2 heterocycles. The van der Waals surface area contributed by atoms with E-state index in [9.17, 15) is 4.79 Å². The summed E-state index contributed by atoms with van der Waals surface area (Å²) in [5.41, 5.74) is 6.00. The lowest BCUT2D eigenvalue weighted by atomic mass is 10.1. The third-order valence-corrected chi connectivity index (χ3v) is 3.22. The predicted molar refractivity (Wildman–Crippen MR) is 89.3 cm³/mol. The number of nitrogens with zero attached hydrogens (tertiary/aromatic N) is 1. The van der Waals surface area contributed by atoms with Gasteiger partial charge in [-0.1, -0.05) is 6.07 Å². The van der Waals surface area contributed by atoms with E-state index in [1.54, 1.807) is 11.3 Å². The van der Waals surface area contributed by atoms with E-state index in [0.29, 0.717) is 18.1 Å². The number of hydrogen-bond acceptors (Lipinski definition) is 5. The third-order valence-electron chi connectivity index (χ3n) is 2.37. The fourth-order valence-corrected chi connectivity index (χ4v) is 2.11. The van der Waals surface area contributed by atoms with E-state index < -0.39 is 5.54 Å². The Bertz CT molecular complexity index is 550. The van der Waals surface area contributed by atoms with Crippen LogP contribution in [0, 0.1) is 0 Å². The minimum Gasteiger partial charge on any atom is -0.444 e. The molecule has 0 radical (unpaired) electrons. The minimum absolute atomic E-state index is 0. The monoisotopic (exact) mass is 351 g/mol. The number of amides is 1. The highest BCUT2D eigenvalue weighted by Gasteiger charge is 2.14. The van der Waals surface area contributed by atoms with Crippen LogP contribution in [0.2, 0.25) is 0 Å². The van der Waals surface area contributed by atoms with Gasteiger partial charge in [0, 0.05) is 12.1 Å². The summed E-state index contributed by atoms with van der Waals surface area (Å²) in [5.74, 6) is 0.446. The van der Waals surface area contributed by atoms with E-state index in [0.717, 1.165) is 4.88 Å². The van der Waals surface area contributed by atoms with Crippen molar-refractivity contribution >= 4 is 42.1 Å². The van der Waals surface area contributed by atoms with Crippen LogP contribution in [0.25, 0.3) is 10.8 Å². The molecule has 118 valence electrons. The first kappa shape index (κ1) is 19.9. The summed E-state index contributed by atoms with van der Waals surface area (Å²) in [5, 5.41) is 4.73. The largest absolute Gasteiger partial charge is 0.444 e. The van der Waals surface area contributed by atoms with Gasteiger partial charge in [-0.25, -0.2) is 4.98 Å². The Morgan fingerprint density at radius 3 is 2.76 bits per heavy atom. The number of rotatable bonds is 5. The molecule has 0 saturated heterocycles.